The molecule has 0 bridgehead atoms. The van der Waals surface area contributed by atoms with E-state index in [0.717, 1.165) is 5.39 Å². The third-order valence-electron chi connectivity index (χ3n) is 3.56. The van der Waals surface area contributed by atoms with Crippen LogP contribution >= 0.6 is 0 Å². The number of carboxylic acids is 2. The van der Waals surface area contributed by atoms with Gasteiger partial charge >= 0.3 is 0 Å². The van der Waals surface area contributed by atoms with Gasteiger partial charge < -0.3 is 28.6 Å². The van der Waals surface area contributed by atoms with Crippen molar-refractivity contribution in [2.75, 3.05) is 0 Å². The number of benzene rings is 2. The van der Waals surface area contributed by atoms with Crippen molar-refractivity contribution >= 4 is 44.6 Å². The van der Waals surface area contributed by atoms with Crippen molar-refractivity contribution in [3.63, 3.8) is 0 Å². The second-order valence-electron chi connectivity index (χ2n) is 4.88. The minimum Gasteiger partial charge on any atom is -0.542 e. The van der Waals surface area contributed by atoms with Gasteiger partial charge in [-0.3, -0.25) is 0 Å². The monoisotopic (exact) mass is 294 g/mol. The van der Waals surface area contributed by atoms with Crippen LogP contribution in [0, 0.1) is 0 Å². The average Bonchev–Trinajstić information content (AvgIpc) is 3.08. The summed E-state index contributed by atoms with van der Waals surface area (Å²) >= 11 is 0. The topological polar surface area (TPSA) is 107 Å². The van der Waals surface area contributed by atoms with Crippen molar-refractivity contribution in [3.8, 4) is 0 Å². The Kier molecular flexibility index (Phi) is 2.33. The maximum absolute atomic E-state index is 10.9. The van der Waals surface area contributed by atoms with Gasteiger partial charge in [0.1, 0.15) is 23.1 Å². The van der Waals surface area contributed by atoms with Crippen molar-refractivity contribution in [2.45, 2.75) is 0 Å². The van der Waals surface area contributed by atoms with E-state index in [1.165, 1.54) is 12.1 Å². The first-order valence-electron chi connectivity index (χ1n) is 6.35. The van der Waals surface area contributed by atoms with E-state index in [9.17, 15) is 19.8 Å². The molecule has 2 heterocycles. The van der Waals surface area contributed by atoms with E-state index in [0.29, 0.717) is 27.3 Å². The Morgan fingerprint density at radius 1 is 0.727 bits per heavy atom. The molecule has 0 spiro atoms. The molecule has 0 saturated heterocycles. The number of carboxylic acid groups (broad SMARTS) is 2. The van der Waals surface area contributed by atoms with Gasteiger partial charge in [-0.2, -0.15) is 0 Å². The summed E-state index contributed by atoms with van der Waals surface area (Å²) in [4.78, 5) is 21.8. The van der Waals surface area contributed by atoms with Crippen molar-refractivity contribution in [3.05, 3.63) is 47.9 Å². The molecule has 2 aromatic carbocycles. The predicted octanol–water partition coefficient (Wildman–Crippen LogP) is 1.06. The molecule has 0 N–H and O–H groups in total. The molecule has 6 heteroatoms. The maximum atomic E-state index is 10.9. The van der Waals surface area contributed by atoms with Gasteiger partial charge in [0.05, 0.1) is 0 Å². The first-order valence-corrected chi connectivity index (χ1v) is 6.35. The average molecular weight is 294 g/mol. The number of carbonyl (C=O) groups excluding carboxylic acids is 2. The van der Waals surface area contributed by atoms with Crippen LogP contribution in [0.5, 0.6) is 0 Å². The van der Waals surface area contributed by atoms with Crippen molar-refractivity contribution in [1.29, 1.82) is 0 Å². The molecular formula is C16H6O6-2. The number of rotatable bonds is 2. The Balaban J connectivity index is 2.09. The highest BCUT2D eigenvalue weighted by Gasteiger charge is 2.11. The van der Waals surface area contributed by atoms with E-state index in [1.807, 2.05) is 0 Å². The molecule has 0 saturated carbocycles. The number of furan rings is 2. The summed E-state index contributed by atoms with van der Waals surface area (Å²) in [5, 5.41) is 24.5. The fourth-order valence-corrected chi connectivity index (χ4v) is 2.58. The Labute approximate surface area is 122 Å². The van der Waals surface area contributed by atoms with Gasteiger partial charge in [0.2, 0.25) is 0 Å². The Morgan fingerprint density at radius 2 is 1.41 bits per heavy atom. The molecule has 22 heavy (non-hydrogen) atoms. The minimum atomic E-state index is -1.40. The molecule has 0 unspecified atom stereocenters. The molecule has 4 aromatic rings. The van der Waals surface area contributed by atoms with Gasteiger partial charge in [0, 0.05) is 10.8 Å². The van der Waals surface area contributed by atoms with E-state index in [1.54, 1.807) is 24.3 Å². The summed E-state index contributed by atoms with van der Waals surface area (Å²) in [6.07, 6.45) is 0. The van der Waals surface area contributed by atoms with Crippen LogP contribution in [0.15, 0.2) is 45.2 Å². The van der Waals surface area contributed by atoms with E-state index < -0.39 is 11.9 Å². The molecule has 0 fully saturated rings. The molecule has 2 aromatic heterocycles. The second-order valence-corrected chi connectivity index (χ2v) is 4.88. The van der Waals surface area contributed by atoms with Crippen LogP contribution in [-0.4, -0.2) is 11.9 Å². The lowest BCUT2D eigenvalue weighted by molar-refractivity contribution is -0.258. The van der Waals surface area contributed by atoms with Crippen molar-refractivity contribution in [1.82, 2.24) is 0 Å². The summed E-state index contributed by atoms with van der Waals surface area (Å²) in [6, 6.07) is 9.57. The number of fused-ring (bicyclic) bond motifs is 4. The lowest BCUT2D eigenvalue weighted by Gasteiger charge is -1.99. The van der Waals surface area contributed by atoms with Gasteiger partial charge in [-0.25, -0.2) is 0 Å². The fourth-order valence-electron chi connectivity index (χ4n) is 2.58. The summed E-state index contributed by atoms with van der Waals surface area (Å²) in [7, 11) is 0. The highest BCUT2D eigenvalue weighted by molar-refractivity contribution is 6.11. The maximum Gasteiger partial charge on any atom is 0.150 e. The summed E-state index contributed by atoms with van der Waals surface area (Å²) in [5.41, 5.74) is 0.771. The van der Waals surface area contributed by atoms with Gasteiger partial charge in [-0.1, -0.05) is 6.07 Å². The van der Waals surface area contributed by atoms with E-state index >= 15 is 0 Å². The number of aromatic carboxylic acids is 2. The molecule has 0 aliphatic rings. The molecule has 0 atom stereocenters. The van der Waals surface area contributed by atoms with E-state index in [2.05, 4.69) is 0 Å². The minimum absolute atomic E-state index is 0.260. The first-order chi connectivity index (χ1) is 10.5. The molecule has 0 aliphatic carbocycles. The van der Waals surface area contributed by atoms with E-state index in [-0.39, 0.29) is 11.5 Å². The lowest BCUT2D eigenvalue weighted by Crippen LogP contribution is -2.21. The predicted molar refractivity (Wildman–Crippen MR) is 72.2 cm³/mol. The number of hydrogen-bond acceptors (Lipinski definition) is 6. The van der Waals surface area contributed by atoms with Crippen LogP contribution in [0.3, 0.4) is 0 Å². The van der Waals surface area contributed by atoms with Crippen LogP contribution in [0.2, 0.25) is 0 Å². The van der Waals surface area contributed by atoms with Crippen LogP contribution in [0.1, 0.15) is 21.1 Å². The highest BCUT2D eigenvalue weighted by atomic mass is 16.4. The van der Waals surface area contributed by atoms with Crippen molar-refractivity contribution in [2.24, 2.45) is 0 Å². The van der Waals surface area contributed by atoms with Crippen molar-refractivity contribution < 1.29 is 28.6 Å². The Morgan fingerprint density at radius 3 is 2.14 bits per heavy atom. The third-order valence-corrected chi connectivity index (χ3v) is 3.56. The molecule has 4 rings (SSSR count). The number of hydrogen-bond donors (Lipinski definition) is 0. The fraction of sp³-hybridized carbons (Fsp3) is 0. The van der Waals surface area contributed by atoms with Gasteiger partial charge in [0.15, 0.2) is 11.5 Å². The van der Waals surface area contributed by atoms with E-state index in [4.69, 9.17) is 8.83 Å². The zero-order chi connectivity index (χ0) is 15.4. The largest absolute Gasteiger partial charge is 0.542 e. The first kappa shape index (κ1) is 12.5. The summed E-state index contributed by atoms with van der Waals surface area (Å²) < 4.78 is 10.4. The molecule has 6 nitrogen and oxygen atoms in total. The number of carbonyl (C=O) groups is 2. The molecule has 108 valence electrons. The van der Waals surface area contributed by atoms with Crippen LogP contribution in [0.25, 0.3) is 32.7 Å². The molecular weight excluding hydrogens is 288 g/mol. The molecule has 0 amide bonds. The van der Waals surface area contributed by atoms with Gasteiger partial charge in [-0.15, -0.1) is 0 Å². The normalized spacial score (nSPS) is 11.5. The zero-order valence-corrected chi connectivity index (χ0v) is 10.9. The Bertz CT molecular complexity index is 1080. The highest BCUT2D eigenvalue weighted by Crippen LogP contribution is 2.32. The SMILES string of the molecule is O=C([O-])c1cc2cc3ccc4oc(C(=O)[O-])cc4c3cc2o1. The lowest BCUT2D eigenvalue weighted by atomic mass is 10.0. The molecule has 0 radical (unpaired) electrons. The quantitative estimate of drug-likeness (QED) is 0.547. The second kappa shape index (κ2) is 4.11. The van der Waals surface area contributed by atoms with Crippen LogP contribution in [-0.2, 0) is 0 Å². The van der Waals surface area contributed by atoms with Crippen LogP contribution in [0.4, 0.5) is 0 Å². The summed E-state index contributed by atoms with van der Waals surface area (Å²) in [5.74, 6) is -3.32. The molecule has 0 aliphatic heterocycles. The third kappa shape index (κ3) is 1.67. The van der Waals surface area contributed by atoms with Gasteiger partial charge in [0.25, 0.3) is 0 Å². The smallest absolute Gasteiger partial charge is 0.150 e. The standard InChI is InChI=1S/C16H8O6/c17-15(18)13-4-8-3-7-1-2-11-10(6-14(21-11)16(19)20)9(7)5-12(8)22-13/h1-6H,(H,17,18)(H,19,20)/p-2. The summed E-state index contributed by atoms with van der Waals surface area (Å²) in [6.45, 7) is 0. The van der Waals surface area contributed by atoms with Crippen LogP contribution < -0.4 is 10.2 Å². The zero-order valence-electron chi connectivity index (χ0n) is 10.9. The van der Waals surface area contributed by atoms with Gasteiger partial charge in [-0.05, 0) is 41.1 Å². The Hall–Kier alpha value is -3.28.